The van der Waals surface area contributed by atoms with Gasteiger partial charge in [0.15, 0.2) is 12.4 Å². The monoisotopic (exact) mass is 409 g/mol. The summed E-state index contributed by atoms with van der Waals surface area (Å²) in [7, 11) is 1.63. The Hall–Kier alpha value is -3.39. The Balaban J connectivity index is 1.31. The molecule has 8 nitrogen and oxygen atoms in total. The Labute approximate surface area is 174 Å². The molecule has 1 fully saturated rings. The molecule has 0 N–H and O–H groups in total. The van der Waals surface area contributed by atoms with Crippen LogP contribution in [-0.4, -0.2) is 60.5 Å². The first kappa shape index (κ1) is 19.9. The highest BCUT2D eigenvalue weighted by Gasteiger charge is 2.33. The van der Waals surface area contributed by atoms with Crippen molar-refractivity contribution in [3.8, 4) is 23.0 Å². The Bertz CT molecular complexity index is 970. The Morgan fingerprint density at radius 2 is 1.90 bits per heavy atom. The molecule has 0 radical (unpaired) electrons. The minimum Gasteiger partial charge on any atom is -0.486 e. The minimum absolute atomic E-state index is 0.0134. The summed E-state index contributed by atoms with van der Waals surface area (Å²) in [5.41, 5.74) is 0.728. The number of methoxy groups -OCH3 is 1. The highest BCUT2D eigenvalue weighted by atomic mass is 16.5. The standard InChI is InChI=1S/C22H23N3O5/c1-27-12-11-20-23-22(30-24-20)18-9-5-6-10-19(18)29-17-13-25(14-17)21(26)15-28-16-7-3-2-4-8-16/h2-10,17H,11-15H2,1H3. The number of nitrogens with zero attached hydrogens (tertiary/aromatic N) is 3. The maximum Gasteiger partial charge on any atom is 0.261 e. The van der Waals surface area contributed by atoms with Crippen molar-refractivity contribution >= 4 is 5.91 Å². The number of hydrogen-bond donors (Lipinski definition) is 0. The number of likely N-dealkylation sites (tertiary alicyclic amines) is 1. The van der Waals surface area contributed by atoms with Crippen molar-refractivity contribution in [3.63, 3.8) is 0 Å². The molecule has 1 aromatic heterocycles. The third-order valence-corrected chi connectivity index (χ3v) is 4.72. The van der Waals surface area contributed by atoms with E-state index in [1.165, 1.54) is 0 Å². The minimum atomic E-state index is -0.0947. The fourth-order valence-corrected chi connectivity index (χ4v) is 3.05. The second-order valence-corrected chi connectivity index (χ2v) is 6.90. The summed E-state index contributed by atoms with van der Waals surface area (Å²) in [6.07, 6.45) is 0.482. The number of benzene rings is 2. The van der Waals surface area contributed by atoms with Crippen molar-refractivity contribution in [2.75, 3.05) is 33.4 Å². The average Bonchev–Trinajstić information content (AvgIpc) is 3.22. The van der Waals surface area contributed by atoms with Crippen LogP contribution in [0.15, 0.2) is 59.1 Å². The molecule has 3 aromatic rings. The van der Waals surface area contributed by atoms with Crippen LogP contribution in [0.1, 0.15) is 5.82 Å². The molecule has 0 spiro atoms. The van der Waals surface area contributed by atoms with Gasteiger partial charge in [-0.15, -0.1) is 0 Å². The van der Waals surface area contributed by atoms with Crippen LogP contribution < -0.4 is 9.47 Å². The molecular formula is C22H23N3O5. The highest BCUT2D eigenvalue weighted by Crippen LogP contribution is 2.30. The van der Waals surface area contributed by atoms with Crippen LogP contribution in [0.4, 0.5) is 0 Å². The molecule has 1 aliphatic heterocycles. The number of hydrogen-bond acceptors (Lipinski definition) is 7. The molecule has 0 bridgehead atoms. The Morgan fingerprint density at radius 3 is 2.70 bits per heavy atom. The topological polar surface area (TPSA) is 86.9 Å². The van der Waals surface area contributed by atoms with Crippen LogP contribution in [0.5, 0.6) is 11.5 Å². The van der Waals surface area contributed by atoms with Gasteiger partial charge in [0.25, 0.3) is 11.8 Å². The largest absolute Gasteiger partial charge is 0.486 e. The average molecular weight is 409 g/mol. The van der Waals surface area contributed by atoms with E-state index < -0.39 is 0 Å². The van der Waals surface area contributed by atoms with Gasteiger partial charge in [-0.1, -0.05) is 35.5 Å². The first-order chi connectivity index (χ1) is 14.7. The molecule has 1 amide bonds. The second kappa shape index (κ2) is 9.41. The lowest BCUT2D eigenvalue weighted by Gasteiger charge is -2.39. The summed E-state index contributed by atoms with van der Waals surface area (Å²) in [5.74, 6) is 2.25. The van der Waals surface area contributed by atoms with Crippen LogP contribution in [-0.2, 0) is 16.0 Å². The van der Waals surface area contributed by atoms with Gasteiger partial charge in [0.1, 0.15) is 17.6 Å². The molecule has 30 heavy (non-hydrogen) atoms. The molecular weight excluding hydrogens is 386 g/mol. The second-order valence-electron chi connectivity index (χ2n) is 6.90. The van der Waals surface area contributed by atoms with Crippen LogP contribution in [0, 0.1) is 0 Å². The zero-order valence-corrected chi connectivity index (χ0v) is 16.7. The number of ether oxygens (including phenoxy) is 3. The molecule has 156 valence electrons. The normalized spacial score (nSPS) is 13.7. The van der Waals surface area contributed by atoms with Crippen molar-refractivity contribution in [1.82, 2.24) is 15.0 Å². The molecule has 2 heterocycles. The van der Waals surface area contributed by atoms with Gasteiger partial charge in [-0.25, -0.2) is 0 Å². The van der Waals surface area contributed by atoms with E-state index in [1.54, 1.807) is 12.0 Å². The van der Waals surface area contributed by atoms with E-state index in [-0.39, 0.29) is 18.6 Å². The highest BCUT2D eigenvalue weighted by molar-refractivity contribution is 5.78. The van der Waals surface area contributed by atoms with Gasteiger partial charge < -0.3 is 23.6 Å². The van der Waals surface area contributed by atoms with Crippen molar-refractivity contribution in [2.24, 2.45) is 0 Å². The van der Waals surface area contributed by atoms with Crippen molar-refractivity contribution in [2.45, 2.75) is 12.5 Å². The van der Waals surface area contributed by atoms with E-state index in [0.29, 0.717) is 49.3 Å². The molecule has 1 aliphatic rings. The number of rotatable bonds is 9. The number of para-hydroxylation sites is 2. The van der Waals surface area contributed by atoms with Crippen LogP contribution >= 0.6 is 0 Å². The van der Waals surface area contributed by atoms with E-state index in [9.17, 15) is 4.79 Å². The summed E-state index contributed by atoms with van der Waals surface area (Å²) < 4.78 is 22.0. The number of aromatic nitrogens is 2. The van der Waals surface area contributed by atoms with Gasteiger partial charge in [0.05, 0.1) is 25.3 Å². The first-order valence-corrected chi connectivity index (χ1v) is 9.76. The van der Waals surface area contributed by atoms with Crippen molar-refractivity contribution < 1.29 is 23.5 Å². The third-order valence-electron chi connectivity index (χ3n) is 4.72. The summed E-state index contributed by atoms with van der Waals surface area (Å²) in [6, 6.07) is 16.8. The molecule has 8 heteroatoms. The van der Waals surface area contributed by atoms with E-state index in [2.05, 4.69) is 10.1 Å². The van der Waals surface area contributed by atoms with E-state index >= 15 is 0 Å². The van der Waals surface area contributed by atoms with Gasteiger partial charge in [-0.05, 0) is 24.3 Å². The molecule has 0 aliphatic carbocycles. The molecule has 4 rings (SSSR count). The Kier molecular flexibility index (Phi) is 6.24. The van der Waals surface area contributed by atoms with Gasteiger partial charge in [0, 0.05) is 13.5 Å². The van der Waals surface area contributed by atoms with Crippen molar-refractivity contribution in [3.05, 3.63) is 60.4 Å². The number of carbonyl (C=O) groups excluding carboxylic acids is 1. The maximum absolute atomic E-state index is 12.3. The van der Waals surface area contributed by atoms with Gasteiger partial charge in [-0.2, -0.15) is 4.98 Å². The predicted molar refractivity (Wildman–Crippen MR) is 108 cm³/mol. The smallest absolute Gasteiger partial charge is 0.261 e. The molecule has 0 unspecified atom stereocenters. The first-order valence-electron chi connectivity index (χ1n) is 9.76. The summed E-state index contributed by atoms with van der Waals surface area (Å²) in [6.45, 7) is 1.55. The summed E-state index contributed by atoms with van der Waals surface area (Å²) in [4.78, 5) is 18.4. The summed E-state index contributed by atoms with van der Waals surface area (Å²) >= 11 is 0. The van der Waals surface area contributed by atoms with Crippen LogP contribution in [0.3, 0.4) is 0 Å². The van der Waals surface area contributed by atoms with E-state index in [1.807, 2.05) is 54.6 Å². The number of carbonyl (C=O) groups is 1. The molecule has 0 atom stereocenters. The molecule has 2 aromatic carbocycles. The van der Waals surface area contributed by atoms with Crippen LogP contribution in [0.25, 0.3) is 11.5 Å². The lowest BCUT2D eigenvalue weighted by atomic mass is 10.1. The quantitative estimate of drug-likeness (QED) is 0.537. The third kappa shape index (κ3) is 4.77. The summed E-state index contributed by atoms with van der Waals surface area (Å²) in [5, 5.41) is 3.98. The van der Waals surface area contributed by atoms with E-state index in [4.69, 9.17) is 18.7 Å². The maximum atomic E-state index is 12.3. The molecule has 1 saturated heterocycles. The lowest BCUT2D eigenvalue weighted by molar-refractivity contribution is -0.142. The predicted octanol–water partition coefficient (Wildman–Crippen LogP) is 2.59. The van der Waals surface area contributed by atoms with Crippen LogP contribution in [0.2, 0.25) is 0 Å². The van der Waals surface area contributed by atoms with Gasteiger partial charge >= 0.3 is 0 Å². The zero-order valence-electron chi connectivity index (χ0n) is 16.7. The van der Waals surface area contributed by atoms with Crippen molar-refractivity contribution in [1.29, 1.82) is 0 Å². The van der Waals surface area contributed by atoms with Gasteiger partial charge in [0.2, 0.25) is 0 Å². The fourth-order valence-electron chi connectivity index (χ4n) is 3.05. The SMILES string of the molecule is COCCc1noc(-c2ccccc2OC2CN(C(=O)COc3ccccc3)C2)n1. The lowest BCUT2D eigenvalue weighted by Crippen LogP contribution is -2.57. The zero-order chi connectivity index (χ0) is 20.8. The van der Waals surface area contributed by atoms with Gasteiger partial charge in [-0.3, -0.25) is 4.79 Å². The Morgan fingerprint density at radius 1 is 1.13 bits per heavy atom. The van der Waals surface area contributed by atoms with E-state index in [0.717, 1.165) is 5.56 Å². The number of amides is 1. The molecule has 0 saturated carbocycles. The fraction of sp³-hybridized carbons (Fsp3) is 0.318.